The molecule has 4 rings (SSSR count). The molecule has 0 aliphatic carbocycles. The lowest BCUT2D eigenvalue weighted by Crippen LogP contribution is -2.11. The fourth-order valence-corrected chi connectivity index (χ4v) is 3.45. The highest BCUT2D eigenvalue weighted by Gasteiger charge is 2.15. The number of pyridine rings is 1. The lowest BCUT2D eigenvalue weighted by Gasteiger charge is -2.06. The Bertz CT molecular complexity index is 1210. The molecule has 2 aromatic carbocycles. The molecule has 0 aliphatic heterocycles. The van der Waals surface area contributed by atoms with E-state index >= 15 is 0 Å². The molecule has 0 spiro atoms. The molecule has 0 fully saturated rings. The first-order valence-electron chi connectivity index (χ1n) is 10.2. The third kappa shape index (κ3) is 5.39. The van der Waals surface area contributed by atoms with Gasteiger partial charge >= 0.3 is 0 Å². The van der Waals surface area contributed by atoms with E-state index in [4.69, 9.17) is 0 Å². The summed E-state index contributed by atoms with van der Waals surface area (Å²) in [5.74, 6) is -0.475. The van der Waals surface area contributed by atoms with Crippen LogP contribution in [0.4, 0.5) is 0 Å². The summed E-state index contributed by atoms with van der Waals surface area (Å²) >= 11 is 0. The van der Waals surface area contributed by atoms with Gasteiger partial charge < -0.3 is 0 Å². The molecule has 4 aromatic rings. The highest BCUT2D eigenvalue weighted by atomic mass is 16.1. The third-order valence-electron chi connectivity index (χ3n) is 5.04. The van der Waals surface area contributed by atoms with Crippen molar-refractivity contribution in [3.8, 4) is 0 Å². The molecule has 0 bridgehead atoms. The molecule has 0 saturated carbocycles. The summed E-state index contributed by atoms with van der Waals surface area (Å²) in [6.45, 7) is 2.45. The number of carbonyl (C=O) groups is 2. The summed E-state index contributed by atoms with van der Waals surface area (Å²) < 4.78 is 1.86. The fourth-order valence-electron chi connectivity index (χ4n) is 3.45. The van der Waals surface area contributed by atoms with Gasteiger partial charge in [-0.1, -0.05) is 48.5 Å². The van der Waals surface area contributed by atoms with Gasteiger partial charge in [0.2, 0.25) is 0 Å². The van der Waals surface area contributed by atoms with Gasteiger partial charge in [0.25, 0.3) is 0 Å². The van der Waals surface area contributed by atoms with Crippen molar-refractivity contribution in [2.75, 3.05) is 0 Å². The van der Waals surface area contributed by atoms with Gasteiger partial charge in [-0.25, -0.2) is 0 Å². The molecule has 0 saturated heterocycles. The quantitative estimate of drug-likeness (QED) is 0.313. The van der Waals surface area contributed by atoms with Gasteiger partial charge in [-0.2, -0.15) is 5.10 Å². The van der Waals surface area contributed by atoms with E-state index in [0.29, 0.717) is 17.8 Å². The number of benzene rings is 2. The predicted octanol–water partition coefficient (Wildman–Crippen LogP) is 4.68. The summed E-state index contributed by atoms with van der Waals surface area (Å²) in [6.07, 6.45) is 4.12. The van der Waals surface area contributed by atoms with Crippen LogP contribution in [0.2, 0.25) is 0 Å². The lowest BCUT2D eigenvalue weighted by molar-refractivity contribution is 0.0891. The van der Waals surface area contributed by atoms with Gasteiger partial charge in [-0.05, 0) is 47.9 Å². The SMILES string of the molecule is Cc1ccnc(C(=O)CC(=O)c2cccc(Cn3ccc(Cc4ccccc4)n3)c2)c1. The van der Waals surface area contributed by atoms with E-state index in [1.807, 2.05) is 66.3 Å². The molecule has 5 nitrogen and oxygen atoms in total. The monoisotopic (exact) mass is 409 g/mol. The number of Topliss-reactive ketones (excluding diaryl/α,β-unsaturated/α-hetero) is 2. The molecule has 0 radical (unpaired) electrons. The first-order chi connectivity index (χ1) is 15.1. The number of carbonyl (C=O) groups excluding carboxylic acids is 2. The Morgan fingerprint density at radius 2 is 1.68 bits per heavy atom. The normalized spacial score (nSPS) is 10.7. The standard InChI is InChI=1S/C26H23N3O2/c1-19-10-12-27-24(14-19)26(31)17-25(30)22-9-5-8-21(15-22)18-29-13-11-23(28-29)16-20-6-3-2-4-7-20/h2-15H,16-18H2,1H3. The van der Waals surface area contributed by atoms with Crippen LogP contribution in [0.1, 0.15) is 49.7 Å². The van der Waals surface area contributed by atoms with Crippen molar-refractivity contribution >= 4 is 11.6 Å². The minimum Gasteiger partial charge on any atom is -0.294 e. The van der Waals surface area contributed by atoms with Crippen LogP contribution in [0.25, 0.3) is 0 Å². The average Bonchev–Trinajstić information content (AvgIpc) is 3.21. The van der Waals surface area contributed by atoms with Crippen molar-refractivity contribution in [2.45, 2.75) is 26.3 Å². The van der Waals surface area contributed by atoms with Crippen LogP contribution in [0.15, 0.2) is 85.2 Å². The number of aryl methyl sites for hydroxylation is 1. The van der Waals surface area contributed by atoms with Crippen LogP contribution in [0.5, 0.6) is 0 Å². The Kier molecular flexibility index (Phi) is 6.13. The van der Waals surface area contributed by atoms with E-state index in [9.17, 15) is 9.59 Å². The van der Waals surface area contributed by atoms with Crippen molar-refractivity contribution in [1.82, 2.24) is 14.8 Å². The third-order valence-corrected chi connectivity index (χ3v) is 5.04. The van der Waals surface area contributed by atoms with Crippen LogP contribution >= 0.6 is 0 Å². The molecule has 31 heavy (non-hydrogen) atoms. The second kappa shape index (κ2) is 9.30. The molecule has 2 heterocycles. The lowest BCUT2D eigenvalue weighted by atomic mass is 10.0. The summed E-state index contributed by atoms with van der Waals surface area (Å²) in [6, 6.07) is 23.1. The maximum atomic E-state index is 12.7. The molecule has 0 unspecified atom stereocenters. The average molecular weight is 409 g/mol. The molecule has 0 N–H and O–H groups in total. The largest absolute Gasteiger partial charge is 0.294 e. The van der Waals surface area contributed by atoms with Crippen molar-refractivity contribution in [3.63, 3.8) is 0 Å². The zero-order valence-electron chi connectivity index (χ0n) is 17.4. The summed E-state index contributed by atoms with van der Waals surface area (Å²) in [4.78, 5) is 29.1. The van der Waals surface area contributed by atoms with Crippen molar-refractivity contribution in [3.05, 3.63) is 119 Å². The summed E-state index contributed by atoms with van der Waals surface area (Å²) in [5.41, 5.74) is 4.96. The first kappa shape index (κ1) is 20.4. The van der Waals surface area contributed by atoms with Crippen LogP contribution in [-0.4, -0.2) is 26.3 Å². The Hall–Kier alpha value is -3.86. The Morgan fingerprint density at radius 3 is 2.48 bits per heavy atom. The number of hydrogen-bond donors (Lipinski definition) is 0. The van der Waals surface area contributed by atoms with Crippen LogP contribution in [-0.2, 0) is 13.0 Å². The zero-order valence-corrected chi connectivity index (χ0v) is 17.4. The highest BCUT2D eigenvalue weighted by molar-refractivity contribution is 6.12. The van der Waals surface area contributed by atoms with Crippen molar-refractivity contribution < 1.29 is 9.59 Å². The van der Waals surface area contributed by atoms with Gasteiger partial charge in [0.1, 0.15) is 5.69 Å². The maximum Gasteiger partial charge on any atom is 0.188 e. The smallest absolute Gasteiger partial charge is 0.188 e. The van der Waals surface area contributed by atoms with Crippen molar-refractivity contribution in [1.29, 1.82) is 0 Å². The van der Waals surface area contributed by atoms with Crippen LogP contribution < -0.4 is 0 Å². The number of rotatable bonds is 8. The number of nitrogens with zero attached hydrogens (tertiary/aromatic N) is 3. The van der Waals surface area contributed by atoms with Crippen LogP contribution in [0, 0.1) is 6.92 Å². The number of hydrogen-bond acceptors (Lipinski definition) is 4. The Morgan fingerprint density at radius 1 is 0.871 bits per heavy atom. The van der Waals surface area contributed by atoms with Gasteiger partial charge in [0.15, 0.2) is 11.6 Å². The molecule has 154 valence electrons. The van der Waals surface area contributed by atoms with E-state index in [0.717, 1.165) is 23.2 Å². The molecule has 0 aliphatic rings. The van der Waals surface area contributed by atoms with E-state index < -0.39 is 0 Å². The predicted molar refractivity (Wildman–Crippen MR) is 119 cm³/mol. The topological polar surface area (TPSA) is 64.8 Å². The molecular weight excluding hydrogens is 386 g/mol. The van der Waals surface area contributed by atoms with Gasteiger partial charge in [0.05, 0.1) is 18.7 Å². The number of ketones is 2. The van der Waals surface area contributed by atoms with E-state index in [-0.39, 0.29) is 18.0 Å². The minimum absolute atomic E-state index is 0.192. The summed E-state index contributed by atoms with van der Waals surface area (Å²) in [5, 5.41) is 4.64. The molecule has 0 amide bonds. The van der Waals surface area contributed by atoms with E-state index in [1.165, 1.54) is 5.56 Å². The molecule has 2 aromatic heterocycles. The van der Waals surface area contributed by atoms with Gasteiger partial charge in [0, 0.05) is 24.4 Å². The van der Waals surface area contributed by atoms with E-state index in [2.05, 4.69) is 22.2 Å². The first-order valence-corrected chi connectivity index (χ1v) is 10.2. The second-order valence-corrected chi connectivity index (χ2v) is 7.61. The molecule has 0 atom stereocenters. The second-order valence-electron chi connectivity index (χ2n) is 7.61. The maximum absolute atomic E-state index is 12.7. The zero-order chi connectivity index (χ0) is 21.6. The fraction of sp³-hybridized carbons (Fsp3) is 0.154. The van der Waals surface area contributed by atoms with Gasteiger partial charge in [-0.15, -0.1) is 0 Å². The summed E-state index contributed by atoms with van der Waals surface area (Å²) in [7, 11) is 0. The molecular formula is C26H23N3O2. The number of aromatic nitrogens is 3. The minimum atomic E-state index is -0.267. The molecule has 5 heteroatoms. The Labute approximate surface area is 181 Å². The highest BCUT2D eigenvalue weighted by Crippen LogP contribution is 2.13. The van der Waals surface area contributed by atoms with Gasteiger partial charge in [-0.3, -0.25) is 19.3 Å². The van der Waals surface area contributed by atoms with Crippen molar-refractivity contribution in [2.24, 2.45) is 0 Å². The Balaban J connectivity index is 1.41. The van der Waals surface area contributed by atoms with Crippen LogP contribution in [0.3, 0.4) is 0 Å². The van der Waals surface area contributed by atoms with E-state index in [1.54, 1.807) is 18.3 Å².